The van der Waals surface area contributed by atoms with Gasteiger partial charge < -0.3 is 14.8 Å². The number of nitrogens with zero attached hydrogens (tertiary/aromatic N) is 1. The lowest BCUT2D eigenvalue weighted by molar-refractivity contribution is 0.0805. The standard InChI is InChI=1S/C14H20N2O2/c15-8-12-4-5-13(18-12)9-16-10-14(11-17)6-2-1-3-7-14/h4-5,16-17H,1-3,6-7,9-11H2. The van der Waals surface area contributed by atoms with Gasteiger partial charge in [0.1, 0.15) is 11.8 Å². The second kappa shape index (κ2) is 6.03. The largest absolute Gasteiger partial charge is 0.449 e. The molecule has 0 bridgehead atoms. The van der Waals surface area contributed by atoms with Gasteiger partial charge in [0.15, 0.2) is 0 Å². The molecule has 0 aliphatic heterocycles. The summed E-state index contributed by atoms with van der Waals surface area (Å²) in [6, 6.07) is 5.47. The van der Waals surface area contributed by atoms with Crippen LogP contribution >= 0.6 is 0 Å². The van der Waals surface area contributed by atoms with Crippen molar-refractivity contribution in [1.29, 1.82) is 5.26 Å². The van der Waals surface area contributed by atoms with Gasteiger partial charge in [-0.2, -0.15) is 5.26 Å². The topological polar surface area (TPSA) is 69.2 Å². The molecule has 4 heteroatoms. The highest BCUT2D eigenvalue weighted by molar-refractivity contribution is 5.18. The quantitative estimate of drug-likeness (QED) is 0.838. The maximum absolute atomic E-state index is 9.57. The number of nitrogens with one attached hydrogen (secondary N) is 1. The van der Waals surface area contributed by atoms with Crippen molar-refractivity contribution >= 4 is 0 Å². The molecule has 0 amide bonds. The van der Waals surface area contributed by atoms with Crippen molar-refractivity contribution in [3.05, 3.63) is 23.7 Å². The molecule has 0 radical (unpaired) electrons. The first-order chi connectivity index (χ1) is 8.78. The molecule has 1 fully saturated rings. The van der Waals surface area contributed by atoms with Crippen LogP contribution in [0, 0.1) is 16.7 Å². The SMILES string of the molecule is N#Cc1ccc(CNCC2(CO)CCCCC2)o1. The third kappa shape index (κ3) is 3.12. The molecular formula is C14H20N2O2. The van der Waals surface area contributed by atoms with Crippen LogP contribution in [-0.4, -0.2) is 18.3 Å². The van der Waals surface area contributed by atoms with Crippen LogP contribution in [0.25, 0.3) is 0 Å². The molecule has 0 spiro atoms. The van der Waals surface area contributed by atoms with E-state index in [1.54, 1.807) is 6.07 Å². The van der Waals surface area contributed by atoms with Crippen molar-refractivity contribution in [2.24, 2.45) is 5.41 Å². The van der Waals surface area contributed by atoms with E-state index < -0.39 is 0 Å². The fourth-order valence-electron chi connectivity index (χ4n) is 2.68. The summed E-state index contributed by atoms with van der Waals surface area (Å²) in [6.07, 6.45) is 5.89. The van der Waals surface area contributed by atoms with Gasteiger partial charge in [-0.15, -0.1) is 0 Å². The maximum atomic E-state index is 9.57. The van der Waals surface area contributed by atoms with Crippen LogP contribution in [0.1, 0.15) is 43.6 Å². The summed E-state index contributed by atoms with van der Waals surface area (Å²) in [5.74, 6) is 1.12. The van der Waals surface area contributed by atoms with Crippen LogP contribution < -0.4 is 5.32 Å². The zero-order valence-corrected chi connectivity index (χ0v) is 10.6. The highest BCUT2D eigenvalue weighted by Gasteiger charge is 2.30. The van der Waals surface area contributed by atoms with Gasteiger partial charge in [-0.25, -0.2) is 0 Å². The van der Waals surface area contributed by atoms with E-state index in [4.69, 9.17) is 9.68 Å². The minimum atomic E-state index is 0.0445. The zero-order valence-electron chi connectivity index (χ0n) is 10.6. The van der Waals surface area contributed by atoms with Crippen LogP contribution in [-0.2, 0) is 6.54 Å². The van der Waals surface area contributed by atoms with E-state index in [-0.39, 0.29) is 12.0 Å². The second-order valence-electron chi connectivity index (χ2n) is 5.20. The van der Waals surface area contributed by atoms with E-state index in [2.05, 4.69) is 5.32 Å². The number of hydrogen-bond donors (Lipinski definition) is 2. The van der Waals surface area contributed by atoms with Crippen molar-refractivity contribution in [3.63, 3.8) is 0 Å². The number of hydrogen-bond acceptors (Lipinski definition) is 4. The molecule has 4 nitrogen and oxygen atoms in total. The Kier molecular flexibility index (Phi) is 4.40. The predicted molar refractivity (Wildman–Crippen MR) is 67.7 cm³/mol. The zero-order chi connectivity index (χ0) is 12.8. The Hall–Kier alpha value is -1.31. The van der Waals surface area contributed by atoms with Crippen LogP contribution in [0.4, 0.5) is 0 Å². The molecule has 0 atom stereocenters. The van der Waals surface area contributed by atoms with Gasteiger partial charge in [-0.05, 0) is 25.0 Å². The van der Waals surface area contributed by atoms with E-state index in [9.17, 15) is 5.11 Å². The Labute approximate surface area is 108 Å². The van der Waals surface area contributed by atoms with Crippen molar-refractivity contribution in [3.8, 4) is 6.07 Å². The van der Waals surface area contributed by atoms with E-state index >= 15 is 0 Å². The summed E-state index contributed by atoms with van der Waals surface area (Å²) in [4.78, 5) is 0. The van der Waals surface area contributed by atoms with Crippen LogP contribution in [0.5, 0.6) is 0 Å². The minimum Gasteiger partial charge on any atom is -0.449 e. The molecule has 0 aromatic carbocycles. The normalized spacial score (nSPS) is 18.4. The second-order valence-corrected chi connectivity index (χ2v) is 5.20. The Morgan fingerprint density at radius 2 is 2.11 bits per heavy atom. The van der Waals surface area contributed by atoms with E-state index in [1.165, 1.54) is 19.3 Å². The minimum absolute atomic E-state index is 0.0445. The molecule has 18 heavy (non-hydrogen) atoms. The maximum Gasteiger partial charge on any atom is 0.203 e. The summed E-state index contributed by atoms with van der Waals surface area (Å²) < 4.78 is 5.30. The van der Waals surface area contributed by atoms with Gasteiger partial charge in [0.05, 0.1) is 6.54 Å². The molecule has 0 unspecified atom stereocenters. The highest BCUT2D eigenvalue weighted by atomic mass is 16.3. The third-order valence-corrected chi connectivity index (χ3v) is 3.82. The first kappa shape index (κ1) is 13.1. The van der Waals surface area contributed by atoms with Crippen molar-refractivity contribution in [2.75, 3.05) is 13.2 Å². The van der Waals surface area contributed by atoms with Crippen molar-refractivity contribution < 1.29 is 9.52 Å². The summed E-state index contributed by atoms with van der Waals surface area (Å²) in [5, 5.41) is 21.6. The predicted octanol–water partition coefficient (Wildman–Crippen LogP) is 2.18. The van der Waals surface area contributed by atoms with E-state index in [0.29, 0.717) is 12.3 Å². The lowest BCUT2D eigenvalue weighted by Crippen LogP contribution is -2.38. The first-order valence-electron chi connectivity index (χ1n) is 6.58. The molecule has 1 saturated carbocycles. The first-order valence-corrected chi connectivity index (χ1v) is 6.58. The number of rotatable bonds is 5. The average Bonchev–Trinajstić information content (AvgIpc) is 2.88. The molecular weight excluding hydrogens is 228 g/mol. The van der Waals surface area contributed by atoms with E-state index in [1.807, 2.05) is 12.1 Å². The fourth-order valence-corrected chi connectivity index (χ4v) is 2.68. The summed E-state index contributed by atoms with van der Waals surface area (Å²) >= 11 is 0. The molecule has 98 valence electrons. The summed E-state index contributed by atoms with van der Waals surface area (Å²) in [6.45, 7) is 1.68. The molecule has 0 saturated heterocycles. The molecule has 2 rings (SSSR count). The van der Waals surface area contributed by atoms with Crippen LogP contribution in [0.15, 0.2) is 16.5 Å². The van der Waals surface area contributed by atoms with Crippen molar-refractivity contribution in [1.82, 2.24) is 5.32 Å². The van der Waals surface area contributed by atoms with E-state index in [0.717, 1.165) is 25.1 Å². The Balaban J connectivity index is 1.81. The smallest absolute Gasteiger partial charge is 0.203 e. The van der Waals surface area contributed by atoms with Crippen molar-refractivity contribution in [2.45, 2.75) is 38.6 Å². The number of aliphatic hydroxyl groups excluding tert-OH is 1. The Morgan fingerprint density at radius 1 is 1.33 bits per heavy atom. The molecule has 1 aromatic heterocycles. The summed E-state index contributed by atoms with van der Waals surface area (Å²) in [7, 11) is 0. The fraction of sp³-hybridized carbons (Fsp3) is 0.643. The van der Waals surface area contributed by atoms with Gasteiger partial charge >= 0.3 is 0 Å². The molecule has 1 aliphatic rings. The van der Waals surface area contributed by atoms with Gasteiger partial charge in [-0.1, -0.05) is 19.3 Å². The molecule has 1 heterocycles. The highest BCUT2D eigenvalue weighted by Crippen LogP contribution is 2.35. The summed E-state index contributed by atoms with van der Waals surface area (Å²) in [5.41, 5.74) is 0.0445. The van der Waals surface area contributed by atoms with Crippen LogP contribution in [0.3, 0.4) is 0 Å². The Bertz CT molecular complexity index is 414. The van der Waals surface area contributed by atoms with Crippen LogP contribution in [0.2, 0.25) is 0 Å². The van der Waals surface area contributed by atoms with Gasteiger partial charge in [0, 0.05) is 18.6 Å². The third-order valence-electron chi connectivity index (χ3n) is 3.82. The molecule has 1 aromatic rings. The van der Waals surface area contributed by atoms with Gasteiger partial charge in [0.25, 0.3) is 0 Å². The van der Waals surface area contributed by atoms with Gasteiger partial charge in [-0.3, -0.25) is 0 Å². The number of aliphatic hydroxyl groups is 1. The lowest BCUT2D eigenvalue weighted by Gasteiger charge is -2.35. The Morgan fingerprint density at radius 3 is 2.72 bits per heavy atom. The van der Waals surface area contributed by atoms with Gasteiger partial charge in [0.2, 0.25) is 5.76 Å². The number of furan rings is 1. The monoisotopic (exact) mass is 248 g/mol. The molecule has 1 aliphatic carbocycles. The lowest BCUT2D eigenvalue weighted by atomic mass is 9.74. The number of nitriles is 1. The molecule has 2 N–H and O–H groups in total. The average molecular weight is 248 g/mol.